The number of thiazole rings is 1. The van der Waals surface area contributed by atoms with Gasteiger partial charge in [0.25, 0.3) is 0 Å². The number of benzene rings is 1. The molecular weight excluding hydrogens is 256 g/mol. The first-order valence-corrected chi connectivity index (χ1v) is 6.62. The summed E-state index contributed by atoms with van der Waals surface area (Å²) in [5.74, 6) is 0.155. The van der Waals surface area contributed by atoms with E-state index in [-0.39, 0.29) is 5.75 Å². The molecule has 1 aliphatic rings. The Kier molecular flexibility index (Phi) is 2.68. The molecule has 1 aromatic carbocycles. The second-order valence-electron chi connectivity index (χ2n) is 3.97. The number of rotatable bonds is 1. The zero-order valence-electron chi connectivity index (χ0n) is 9.06. The van der Waals surface area contributed by atoms with E-state index in [9.17, 15) is 5.11 Å². The lowest BCUT2D eigenvalue weighted by Crippen LogP contribution is -2.26. The molecule has 0 amide bonds. The Morgan fingerprint density at radius 3 is 3.00 bits per heavy atom. The number of anilines is 1. The first-order chi connectivity index (χ1) is 8.24. The van der Waals surface area contributed by atoms with E-state index in [0.717, 1.165) is 29.3 Å². The van der Waals surface area contributed by atoms with Gasteiger partial charge >= 0.3 is 0 Å². The number of halogens is 1. The summed E-state index contributed by atoms with van der Waals surface area (Å²) in [7, 11) is 0. The molecule has 1 aliphatic heterocycles. The Morgan fingerprint density at radius 2 is 2.24 bits per heavy atom. The number of hydrogen-bond acceptors (Lipinski definition) is 4. The van der Waals surface area contributed by atoms with Gasteiger partial charge in [-0.3, -0.25) is 0 Å². The fraction of sp³-hybridized carbons (Fsp3) is 0.250. The molecule has 17 heavy (non-hydrogen) atoms. The van der Waals surface area contributed by atoms with E-state index in [1.165, 1.54) is 6.07 Å². The number of aromatic hydroxyl groups is 1. The van der Waals surface area contributed by atoms with Gasteiger partial charge in [-0.25, -0.2) is 4.98 Å². The van der Waals surface area contributed by atoms with E-state index in [2.05, 4.69) is 22.0 Å². The number of hydrogen-bond donors (Lipinski definition) is 1. The molecule has 5 heteroatoms. The minimum absolute atomic E-state index is 0.155. The summed E-state index contributed by atoms with van der Waals surface area (Å²) in [6.07, 6.45) is 5.36. The number of nitrogens with zero attached hydrogens (tertiary/aromatic N) is 2. The Morgan fingerprint density at radius 1 is 1.35 bits per heavy atom. The molecule has 2 aromatic rings. The molecule has 2 heterocycles. The van der Waals surface area contributed by atoms with Crippen molar-refractivity contribution in [2.24, 2.45) is 0 Å². The van der Waals surface area contributed by atoms with E-state index in [1.54, 1.807) is 11.3 Å². The van der Waals surface area contributed by atoms with Gasteiger partial charge in [-0.15, -0.1) is 0 Å². The normalized spacial score (nSPS) is 15.7. The van der Waals surface area contributed by atoms with Gasteiger partial charge in [0.15, 0.2) is 5.13 Å². The predicted octanol–water partition coefficient (Wildman–Crippen LogP) is 3.42. The molecule has 1 N–H and O–H groups in total. The van der Waals surface area contributed by atoms with Gasteiger partial charge in [-0.1, -0.05) is 35.1 Å². The highest BCUT2D eigenvalue weighted by Crippen LogP contribution is 2.36. The minimum atomic E-state index is 0.155. The van der Waals surface area contributed by atoms with E-state index in [4.69, 9.17) is 11.6 Å². The molecule has 0 unspecified atom stereocenters. The minimum Gasteiger partial charge on any atom is -0.506 e. The summed E-state index contributed by atoms with van der Waals surface area (Å²) in [6, 6.07) is 3.38. The van der Waals surface area contributed by atoms with Gasteiger partial charge in [0.05, 0.1) is 4.70 Å². The maximum Gasteiger partial charge on any atom is 0.186 e. The van der Waals surface area contributed by atoms with Gasteiger partial charge in [-0.05, 0) is 12.5 Å². The van der Waals surface area contributed by atoms with Crippen LogP contribution in [0.25, 0.3) is 10.2 Å². The van der Waals surface area contributed by atoms with E-state index in [1.807, 2.05) is 6.07 Å². The van der Waals surface area contributed by atoms with Crippen LogP contribution >= 0.6 is 22.9 Å². The maximum atomic E-state index is 9.79. The van der Waals surface area contributed by atoms with Crippen molar-refractivity contribution in [1.29, 1.82) is 0 Å². The van der Waals surface area contributed by atoms with Crippen LogP contribution in [0.5, 0.6) is 5.75 Å². The molecule has 3 rings (SSSR count). The number of fused-ring (bicyclic) bond motifs is 1. The Balaban J connectivity index is 2.07. The summed E-state index contributed by atoms with van der Waals surface area (Å²) in [6.45, 7) is 1.86. The Labute approximate surface area is 108 Å². The quantitative estimate of drug-likeness (QED) is 0.804. The second-order valence-corrected chi connectivity index (χ2v) is 5.42. The number of phenolic OH excluding ortho intramolecular Hbond substituents is 1. The van der Waals surface area contributed by atoms with Crippen molar-refractivity contribution in [3.8, 4) is 5.75 Å². The molecule has 3 nitrogen and oxygen atoms in total. The van der Waals surface area contributed by atoms with E-state index in [0.29, 0.717) is 10.5 Å². The fourth-order valence-corrected chi connectivity index (χ4v) is 3.26. The smallest absolute Gasteiger partial charge is 0.186 e. The zero-order chi connectivity index (χ0) is 11.8. The van der Waals surface area contributed by atoms with Crippen molar-refractivity contribution >= 4 is 38.3 Å². The zero-order valence-corrected chi connectivity index (χ0v) is 10.6. The van der Waals surface area contributed by atoms with Crippen LogP contribution in [0.15, 0.2) is 24.3 Å². The van der Waals surface area contributed by atoms with Crippen molar-refractivity contribution in [3.63, 3.8) is 0 Å². The van der Waals surface area contributed by atoms with Crippen LogP contribution in [0.3, 0.4) is 0 Å². The van der Waals surface area contributed by atoms with E-state index >= 15 is 0 Å². The molecule has 0 spiro atoms. The van der Waals surface area contributed by atoms with Gasteiger partial charge < -0.3 is 10.0 Å². The lowest BCUT2D eigenvalue weighted by atomic mass is 10.3. The highest BCUT2D eigenvalue weighted by atomic mass is 35.5. The Hall–Kier alpha value is -1.26. The molecule has 0 radical (unpaired) electrons. The molecule has 0 bridgehead atoms. The van der Waals surface area contributed by atoms with Crippen LogP contribution in [0.2, 0.25) is 5.02 Å². The highest BCUT2D eigenvalue weighted by Gasteiger charge is 2.14. The van der Waals surface area contributed by atoms with Crippen molar-refractivity contribution in [3.05, 3.63) is 29.3 Å². The lowest BCUT2D eigenvalue weighted by molar-refractivity contribution is 0.480. The third kappa shape index (κ3) is 1.98. The van der Waals surface area contributed by atoms with Crippen LogP contribution < -0.4 is 4.90 Å². The fourth-order valence-electron chi connectivity index (χ4n) is 1.92. The molecule has 0 saturated carbocycles. The summed E-state index contributed by atoms with van der Waals surface area (Å²) in [5.41, 5.74) is 0.643. The van der Waals surface area contributed by atoms with Gasteiger partial charge in [0.2, 0.25) is 0 Å². The molecule has 88 valence electrons. The summed E-state index contributed by atoms with van der Waals surface area (Å²) >= 11 is 7.48. The number of phenols is 1. The van der Waals surface area contributed by atoms with Crippen LogP contribution in [-0.2, 0) is 0 Å². The van der Waals surface area contributed by atoms with Gasteiger partial charge in [0, 0.05) is 24.2 Å². The van der Waals surface area contributed by atoms with Crippen LogP contribution in [0.4, 0.5) is 5.13 Å². The summed E-state index contributed by atoms with van der Waals surface area (Å²) in [4.78, 5) is 6.69. The monoisotopic (exact) mass is 266 g/mol. The van der Waals surface area contributed by atoms with E-state index < -0.39 is 0 Å². The second kappa shape index (κ2) is 4.20. The predicted molar refractivity (Wildman–Crippen MR) is 72.3 cm³/mol. The van der Waals surface area contributed by atoms with Gasteiger partial charge in [-0.2, -0.15) is 0 Å². The number of aromatic nitrogens is 1. The molecule has 0 atom stereocenters. The maximum absolute atomic E-state index is 9.79. The topological polar surface area (TPSA) is 36.4 Å². The highest BCUT2D eigenvalue weighted by molar-refractivity contribution is 7.22. The molecule has 0 aliphatic carbocycles. The third-order valence-electron chi connectivity index (χ3n) is 2.76. The first kappa shape index (κ1) is 10.9. The standard InChI is InChI=1S/C12H11ClN2OS/c13-8-6-9(16)11-10(7-8)17-12(14-11)15-4-2-1-3-5-15/h1-2,6-7,16H,3-5H2. The van der Waals surface area contributed by atoms with Crippen molar-refractivity contribution in [2.75, 3.05) is 18.0 Å². The summed E-state index contributed by atoms with van der Waals surface area (Å²) < 4.78 is 0.930. The average molecular weight is 267 g/mol. The van der Waals surface area contributed by atoms with Crippen LogP contribution in [-0.4, -0.2) is 23.2 Å². The third-order valence-corrected chi connectivity index (χ3v) is 4.04. The Bertz CT molecular complexity index is 593. The van der Waals surface area contributed by atoms with Gasteiger partial charge in [0.1, 0.15) is 11.3 Å². The molecule has 0 saturated heterocycles. The SMILES string of the molecule is Oc1cc(Cl)cc2sc(N3CC=CCC3)nc12. The first-order valence-electron chi connectivity index (χ1n) is 5.43. The summed E-state index contributed by atoms with van der Waals surface area (Å²) in [5, 5.41) is 11.3. The van der Waals surface area contributed by atoms with Crippen LogP contribution in [0.1, 0.15) is 6.42 Å². The largest absolute Gasteiger partial charge is 0.506 e. The van der Waals surface area contributed by atoms with Crippen molar-refractivity contribution in [2.45, 2.75) is 6.42 Å². The lowest BCUT2D eigenvalue weighted by Gasteiger charge is -2.21. The molecular formula is C12H11ClN2OS. The van der Waals surface area contributed by atoms with Crippen LogP contribution in [0, 0.1) is 0 Å². The van der Waals surface area contributed by atoms with Crippen molar-refractivity contribution < 1.29 is 5.11 Å². The van der Waals surface area contributed by atoms with Crippen molar-refractivity contribution in [1.82, 2.24) is 4.98 Å². The average Bonchev–Trinajstić information content (AvgIpc) is 2.74. The molecule has 1 aromatic heterocycles. The molecule has 0 fully saturated rings.